The third-order valence-corrected chi connectivity index (χ3v) is 4.46. The van der Waals surface area contributed by atoms with E-state index < -0.39 is 15.8 Å². The predicted octanol–water partition coefficient (Wildman–Crippen LogP) is 2.76. The van der Waals surface area contributed by atoms with Gasteiger partial charge in [-0.25, -0.2) is 17.5 Å². The molecule has 0 spiro atoms. The molecule has 0 aliphatic rings. The Morgan fingerprint density at radius 3 is 2.38 bits per heavy atom. The van der Waals surface area contributed by atoms with Gasteiger partial charge in [0.25, 0.3) is 0 Å². The van der Waals surface area contributed by atoms with Gasteiger partial charge >= 0.3 is 0 Å². The lowest BCUT2D eigenvalue weighted by molar-refractivity contribution is 0.476. The minimum Gasteiger partial charge on any atom is -0.457 e. The number of hydrogen-bond donors (Lipinski definition) is 2. The lowest BCUT2D eigenvalue weighted by atomic mass is 10.3. The zero-order chi connectivity index (χ0) is 15.6. The first-order valence-corrected chi connectivity index (χ1v) is 7.65. The Morgan fingerprint density at radius 1 is 1.19 bits per heavy atom. The van der Waals surface area contributed by atoms with Crippen LogP contribution in [0, 0.1) is 5.82 Å². The van der Waals surface area contributed by atoms with Crippen LogP contribution in [0.5, 0.6) is 11.5 Å². The van der Waals surface area contributed by atoms with Crippen molar-refractivity contribution in [2.45, 2.75) is 4.90 Å². The molecule has 3 N–H and O–H groups in total. The number of sulfonamides is 1. The minimum absolute atomic E-state index is 0.0164. The fourth-order valence-corrected chi connectivity index (χ4v) is 2.58. The van der Waals surface area contributed by atoms with Crippen LogP contribution in [-0.2, 0) is 10.0 Å². The van der Waals surface area contributed by atoms with Crippen molar-refractivity contribution >= 4 is 27.3 Å². The molecule has 0 unspecified atom stereocenters. The van der Waals surface area contributed by atoms with E-state index in [1.165, 1.54) is 37.4 Å². The molecule has 0 aromatic heterocycles. The lowest BCUT2D eigenvalue weighted by Crippen LogP contribution is -2.19. The van der Waals surface area contributed by atoms with Crippen molar-refractivity contribution in [1.82, 2.24) is 4.72 Å². The third-order valence-electron chi connectivity index (χ3n) is 2.67. The van der Waals surface area contributed by atoms with Crippen LogP contribution in [0.15, 0.2) is 41.3 Å². The van der Waals surface area contributed by atoms with Crippen LogP contribution in [0.2, 0.25) is 5.02 Å². The molecule has 0 radical (unpaired) electrons. The fraction of sp³-hybridized carbons (Fsp3) is 0.0769. The zero-order valence-electron chi connectivity index (χ0n) is 10.9. The van der Waals surface area contributed by atoms with E-state index in [0.29, 0.717) is 0 Å². The van der Waals surface area contributed by atoms with Crippen LogP contribution >= 0.6 is 11.6 Å². The molecule has 0 saturated heterocycles. The van der Waals surface area contributed by atoms with Gasteiger partial charge < -0.3 is 10.5 Å². The summed E-state index contributed by atoms with van der Waals surface area (Å²) < 4.78 is 44.2. The Labute approximate surface area is 126 Å². The standard InChI is InChI=1S/C13H12ClFN2O3S/c1-17-21(18,19)13-5-3-9(7-12(13)16)20-8-2-4-10(14)11(15)6-8/h2-7,17H,16H2,1H3. The number of rotatable bonds is 4. The van der Waals surface area contributed by atoms with E-state index in [1.54, 1.807) is 0 Å². The van der Waals surface area contributed by atoms with Crippen LogP contribution in [0.1, 0.15) is 0 Å². The molecule has 112 valence electrons. The highest BCUT2D eigenvalue weighted by Gasteiger charge is 2.15. The zero-order valence-corrected chi connectivity index (χ0v) is 12.5. The van der Waals surface area contributed by atoms with Crippen LogP contribution in [0.3, 0.4) is 0 Å². The number of anilines is 1. The Balaban J connectivity index is 2.30. The molecule has 0 aliphatic heterocycles. The quantitative estimate of drug-likeness (QED) is 0.845. The van der Waals surface area contributed by atoms with Crippen molar-refractivity contribution in [3.8, 4) is 11.5 Å². The summed E-state index contributed by atoms with van der Waals surface area (Å²) >= 11 is 5.57. The molecule has 0 fully saturated rings. The second-order valence-electron chi connectivity index (χ2n) is 4.09. The van der Waals surface area contributed by atoms with E-state index in [2.05, 4.69) is 4.72 Å². The Morgan fingerprint density at radius 2 is 1.81 bits per heavy atom. The minimum atomic E-state index is -3.64. The van der Waals surface area contributed by atoms with Crippen LogP contribution in [0.25, 0.3) is 0 Å². The molecule has 2 aromatic carbocycles. The highest BCUT2D eigenvalue weighted by Crippen LogP contribution is 2.29. The number of ether oxygens (including phenoxy) is 1. The molecule has 0 heterocycles. The van der Waals surface area contributed by atoms with Crippen molar-refractivity contribution in [3.63, 3.8) is 0 Å². The van der Waals surface area contributed by atoms with Gasteiger partial charge in [0.2, 0.25) is 10.0 Å². The molecule has 2 rings (SSSR count). The summed E-state index contributed by atoms with van der Waals surface area (Å²) in [5.74, 6) is -0.110. The Bertz CT molecular complexity index is 781. The predicted molar refractivity (Wildman–Crippen MR) is 78.6 cm³/mol. The second-order valence-corrected chi connectivity index (χ2v) is 6.35. The van der Waals surface area contributed by atoms with Gasteiger partial charge in [-0.1, -0.05) is 11.6 Å². The van der Waals surface area contributed by atoms with E-state index in [9.17, 15) is 12.8 Å². The number of nitrogen functional groups attached to an aromatic ring is 1. The van der Waals surface area contributed by atoms with Gasteiger partial charge in [0.05, 0.1) is 10.7 Å². The normalized spacial score (nSPS) is 11.4. The highest BCUT2D eigenvalue weighted by atomic mass is 35.5. The maximum atomic E-state index is 13.3. The smallest absolute Gasteiger partial charge is 0.242 e. The van der Waals surface area contributed by atoms with E-state index in [1.807, 2.05) is 0 Å². The molecule has 0 bridgehead atoms. The van der Waals surface area contributed by atoms with E-state index in [-0.39, 0.29) is 27.1 Å². The van der Waals surface area contributed by atoms with E-state index in [0.717, 1.165) is 6.07 Å². The first-order chi connectivity index (χ1) is 9.83. The summed E-state index contributed by atoms with van der Waals surface area (Å²) in [6.07, 6.45) is 0. The largest absolute Gasteiger partial charge is 0.457 e. The van der Waals surface area contributed by atoms with Gasteiger partial charge in [-0.15, -0.1) is 0 Å². The Kier molecular flexibility index (Phi) is 4.36. The number of benzene rings is 2. The van der Waals surface area contributed by atoms with Crippen molar-refractivity contribution < 1.29 is 17.5 Å². The van der Waals surface area contributed by atoms with Crippen LogP contribution in [-0.4, -0.2) is 15.5 Å². The van der Waals surface area contributed by atoms with Crippen molar-refractivity contribution in [2.75, 3.05) is 12.8 Å². The average Bonchev–Trinajstić information content (AvgIpc) is 2.43. The summed E-state index contributed by atoms with van der Waals surface area (Å²) in [6.45, 7) is 0. The first-order valence-electron chi connectivity index (χ1n) is 5.79. The summed E-state index contributed by atoms with van der Waals surface area (Å²) in [5.41, 5.74) is 5.72. The van der Waals surface area contributed by atoms with Crippen molar-refractivity contribution in [3.05, 3.63) is 47.2 Å². The maximum Gasteiger partial charge on any atom is 0.242 e. The van der Waals surface area contributed by atoms with Crippen LogP contribution < -0.4 is 15.2 Å². The topological polar surface area (TPSA) is 81.4 Å². The molecule has 5 nitrogen and oxygen atoms in total. The van der Waals surface area contributed by atoms with E-state index >= 15 is 0 Å². The molecular formula is C13H12ClFN2O3S. The summed E-state index contributed by atoms with van der Waals surface area (Å²) in [5, 5.41) is -0.0164. The average molecular weight is 331 g/mol. The highest BCUT2D eigenvalue weighted by molar-refractivity contribution is 7.89. The molecule has 0 aliphatic carbocycles. The maximum absolute atomic E-state index is 13.3. The number of halogens is 2. The van der Waals surface area contributed by atoms with Gasteiger partial charge in [-0.05, 0) is 31.3 Å². The lowest BCUT2D eigenvalue weighted by Gasteiger charge is -2.10. The third kappa shape index (κ3) is 3.44. The van der Waals surface area contributed by atoms with Gasteiger partial charge in [-0.3, -0.25) is 0 Å². The molecule has 0 amide bonds. The fourth-order valence-electron chi connectivity index (χ4n) is 1.62. The van der Waals surface area contributed by atoms with Crippen molar-refractivity contribution in [2.24, 2.45) is 0 Å². The number of nitrogens with one attached hydrogen (secondary N) is 1. The molecule has 8 heteroatoms. The monoisotopic (exact) mass is 330 g/mol. The van der Waals surface area contributed by atoms with Crippen molar-refractivity contribution in [1.29, 1.82) is 0 Å². The number of nitrogens with two attached hydrogens (primary N) is 1. The first kappa shape index (κ1) is 15.6. The van der Waals surface area contributed by atoms with Gasteiger partial charge in [0.1, 0.15) is 22.2 Å². The summed E-state index contributed by atoms with van der Waals surface area (Å²) in [4.78, 5) is -0.0559. The summed E-state index contributed by atoms with van der Waals surface area (Å²) in [6, 6.07) is 8.04. The SMILES string of the molecule is CNS(=O)(=O)c1ccc(Oc2ccc(Cl)c(F)c2)cc1N. The summed E-state index contributed by atoms with van der Waals surface area (Å²) in [7, 11) is -2.35. The van der Waals surface area contributed by atoms with E-state index in [4.69, 9.17) is 22.1 Å². The molecular weight excluding hydrogens is 319 g/mol. The molecule has 2 aromatic rings. The number of hydrogen-bond acceptors (Lipinski definition) is 4. The van der Waals surface area contributed by atoms with Gasteiger partial charge in [0.15, 0.2) is 0 Å². The van der Waals surface area contributed by atoms with Gasteiger partial charge in [-0.2, -0.15) is 0 Å². The van der Waals surface area contributed by atoms with Gasteiger partial charge in [0, 0.05) is 12.1 Å². The van der Waals surface area contributed by atoms with Crippen LogP contribution in [0.4, 0.5) is 10.1 Å². The molecule has 21 heavy (non-hydrogen) atoms. The second kappa shape index (κ2) is 5.88. The molecule has 0 saturated carbocycles. The molecule has 0 atom stereocenters. The Hall–Kier alpha value is -1.83.